The summed E-state index contributed by atoms with van der Waals surface area (Å²) in [7, 11) is 0. The summed E-state index contributed by atoms with van der Waals surface area (Å²) in [4.78, 5) is 38.2. The van der Waals surface area contributed by atoms with Gasteiger partial charge < -0.3 is 9.47 Å². The van der Waals surface area contributed by atoms with Gasteiger partial charge in [-0.15, -0.1) is 0 Å². The zero-order chi connectivity index (χ0) is 20.3. The van der Waals surface area contributed by atoms with Crippen molar-refractivity contribution in [1.82, 2.24) is 14.7 Å². The van der Waals surface area contributed by atoms with Gasteiger partial charge in [0.2, 0.25) is 0 Å². The lowest BCUT2D eigenvalue weighted by molar-refractivity contribution is -0.120. The summed E-state index contributed by atoms with van der Waals surface area (Å²) in [6.45, 7) is 5.45. The molecule has 2 heterocycles. The molecule has 1 aromatic carbocycles. The molecule has 0 bridgehead atoms. The van der Waals surface area contributed by atoms with Gasteiger partial charge in [-0.2, -0.15) is 5.10 Å². The van der Waals surface area contributed by atoms with E-state index in [0.29, 0.717) is 5.69 Å². The molecule has 8 heteroatoms. The quantitative estimate of drug-likeness (QED) is 0.754. The van der Waals surface area contributed by atoms with Gasteiger partial charge in [0.25, 0.3) is 0 Å². The summed E-state index contributed by atoms with van der Waals surface area (Å²) in [5, 5.41) is 4.18. The number of nitrogens with zero attached hydrogens (tertiary/aromatic N) is 3. The van der Waals surface area contributed by atoms with E-state index in [4.69, 9.17) is 9.47 Å². The second-order valence-electron chi connectivity index (χ2n) is 7.62. The van der Waals surface area contributed by atoms with Crippen molar-refractivity contribution >= 4 is 17.8 Å². The summed E-state index contributed by atoms with van der Waals surface area (Å²) in [6.07, 6.45) is -0.592. The largest absolute Gasteiger partial charge is 0.455 e. The Bertz CT molecular complexity index is 883. The summed E-state index contributed by atoms with van der Waals surface area (Å²) < 4.78 is 12.1. The first-order chi connectivity index (χ1) is 13.2. The number of carbonyl (C=O) groups excluding carboxylic acids is 3. The minimum atomic E-state index is -0.652. The Balaban J connectivity index is 1.71. The Labute approximate surface area is 163 Å². The number of fused-ring (bicyclic) bond motifs is 1. The fourth-order valence-corrected chi connectivity index (χ4v) is 2.77. The number of ketones is 1. The molecule has 3 rings (SSSR count). The molecule has 28 heavy (non-hydrogen) atoms. The average Bonchev–Trinajstić information content (AvgIpc) is 2.94. The van der Waals surface area contributed by atoms with Crippen LogP contribution in [0.2, 0.25) is 0 Å². The molecule has 0 radical (unpaired) electrons. The van der Waals surface area contributed by atoms with Crippen molar-refractivity contribution in [2.45, 2.75) is 46.1 Å². The van der Waals surface area contributed by atoms with E-state index >= 15 is 0 Å². The number of esters is 1. The number of ether oxygens (including phenoxy) is 2. The van der Waals surface area contributed by atoms with Gasteiger partial charge in [0.1, 0.15) is 18.8 Å². The summed E-state index contributed by atoms with van der Waals surface area (Å²) in [5.74, 6) is -0.770. The van der Waals surface area contributed by atoms with Crippen molar-refractivity contribution in [1.29, 1.82) is 0 Å². The van der Waals surface area contributed by atoms with Crippen molar-refractivity contribution in [3.8, 4) is 0 Å². The molecule has 0 N–H and O–H groups in total. The van der Waals surface area contributed by atoms with E-state index in [1.54, 1.807) is 26.8 Å². The van der Waals surface area contributed by atoms with Gasteiger partial charge >= 0.3 is 12.1 Å². The van der Waals surface area contributed by atoms with Crippen molar-refractivity contribution in [3.63, 3.8) is 0 Å². The fraction of sp³-hybridized carbons (Fsp3) is 0.400. The van der Waals surface area contributed by atoms with Crippen LogP contribution < -0.4 is 0 Å². The predicted octanol–water partition coefficient (Wildman–Crippen LogP) is 2.56. The minimum absolute atomic E-state index is 0.0133. The molecule has 0 aliphatic carbocycles. The molecule has 0 saturated carbocycles. The third-order valence-electron chi connectivity index (χ3n) is 3.98. The van der Waals surface area contributed by atoms with Crippen LogP contribution in [0.3, 0.4) is 0 Å². The smallest absolute Gasteiger partial charge is 0.410 e. The maximum Gasteiger partial charge on any atom is 0.410 e. The van der Waals surface area contributed by atoms with Gasteiger partial charge in [-0.25, -0.2) is 9.59 Å². The van der Waals surface area contributed by atoms with Crippen molar-refractivity contribution in [2.75, 3.05) is 6.54 Å². The van der Waals surface area contributed by atoms with Crippen LogP contribution in [0.5, 0.6) is 0 Å². The van der Waals surface area contributed by atoms with Gasteiger partial charge in [-0.1, -0.05) is 30.3 Å². The van der Waals surface area contributed by atoms with Crippen LogP contribution in [0.1, 0.15) is 42.5 Å². The van der Waals surface area contributed by atoms with Crippen LogP contribution in [0.4, 0.5) is 4.79 Å². The number of aromatic nitrogens is 2. The second-order valence-corrected chi connectivity index (χ2v) is 7.62. The molecule has 0 unspecified atom stereocenters. The lowest BCUT2D eigenvalue weighted by Gasteiger charge is -2.19. The highest BCUT2D eigenvalue weighted by atomic mass is 16.6. The van der Waals surface area contributed by atoms with Gasteiger partial charge in [-0.05, 0) is 32.4 Å². The predicted molar refractivity (Wildman–Crippen MR) is 99.4 cm³/mol. The highest BCUT2D eigenvalue weighted by Gasteiger charge is 2.28. The average molecular weight is 385 g/mol. The lowest BCUT2D eigenvalue weighted by Crippen LogP contribution is -2.34. The van der Waals surface area contributed by atoms with Crippen LogP contribution in [0, 0.1) is 0 Å². The molecule has 0 atom stereocenters. The molecule has 0 fully saturated rings. The molecule has 1 amide bonds. The third-order valence-corrected chi connectivity index (χ3v) is 3.98. The van der Waals surface area contributed by atoms with E-state index in [2.05, 4.69) is 5.10 Å². The first-order valence-electron chi connectivity index (χ1n) is 8.99. The molecule has 2 aromatic rings. The topological polar surface area (TPSA) is 90.7 Å². The first kappa shape index (κ1) is 19.6. The normalized spacial score (nSPS) is 14.2. The van der Waals surface area contributed by atoms with Crippen LogP contribution >= 0.6 is 0 Å². The molecular formula is C20H23N3O5. The molecule has 0 saturated heterocycles. The molecular weight excluding hydrogens is 362 g/mol. The second kappa shape index (κ2) is 7.84. The Morgan fingerprint density at radius 3 is 2.50 bits per heavy atom. The van der Waals surface area contributed by atoms with Gasteiger partial charge in [0.05, 0.1) is 18.8 Å². The Morgan fingerprint density at radius 1 is 1.11 bits per heavy atom. The zero-order valence-electron chi connectivity index (χ0n) is 16.2. The number of Topliss-reactive ketones (excluding diaryl/α,β-unsaturated/α-hetero) is 1. The van der Waals surface area contributed by atoms with Gasteiger partial charge in [0.15, 0.2) is 11.5 Å². The van der Waals surface area contributed by atoms with E-state index in [9.17, 15) is 14.4 Å². The number of benzene rings is 1. The van der Waals surface area contributed by atoms with Crippen LogP contribution in [-0.2, 0) is 34.0 Å². The molecule has 148 valence electrons. The number of rotatable bonds is 3. The van der Waals surface area contributed by atoms with Crippen LogP contribution in [0.15, 0.2) is 36.4 Å². The highest BCUT2D eigenvalue weighted by molar-refractivity contribution is 5.88. The summed E-state index contributed by atoms with van der Waals surface area (Å²) in [5.41, 5.74) is 0.885. The Morgan fingerprint density at radius 2 is 1.82 bits per heavy atom. The third kappa shape index (κ3) is 4.97. The van der Waals surface area contributed by atoms with Gasteiger partial charge in [0, 0.05) is 0 Å². The maximum absolute atomic E-state index is 12.4. The van der Waals surface area contributed by atoms with E-state index in [0.717, 1.165) is 5.56 Å². The zero-order valence-corrected chi connectivity index (χ0v) is 16.2. The van der Waals surface area contributed by atoms with E-state index < -0.39 is 17.7 Å². The fourth-order valence-electron chi connectivity index (χ4n) is 2.77. The van der Waals surface area contributed by atoms with Crippen molar-refractivity contribution < 1.29 is 23.9 Å². The molecule has 1 aliphatic rings. The molecule has 1 aliphatic heterocycles. The Hall–Kier alpha value is -3.16. The summed E-state index contributed by atoms with van der Waals surface area (Å²) in [6, 6.07) is 10.8. The number of hydrogen-bond acceptors (Lipinski definition) is 6. The van der Waals surface area contributed by atoms with Crippen LogP contribution in [0.25, 0.3) is 0 Å². The number of hydrogen-bond donors (Lipinski definition) is 0. The molecule has 8 nitrogen and oxygen atoms in total. The lowest BCUT2D eigenvalue weighted by atomic mass is 10.2. The van der Waals surface area contributed by atoms with E-state index in [1.165, 1.54) is 9.58 Å². The van der Waals surface area contributed by atoms with Crippen molar-refractivity contribution in [2.24, 2.45) is 0 Å². The highest BCUT2D eigenvalue weighted by Crippen LogP contribution is 2.17. The SMILES string of the molecule is CC(C)(C)OC(=O)c1cc2n(n1)CC(=O)CN(C(=O)OCc1ccccc1)C2. The monoisotopic (exact) mass is 385 g/mol. The van der Waals surface area contributed by atoms with E-state index in [1.807, 2.05) is 30.3 Å². The summed E-state index contributed by atoms with van der Waals surface area (Å²) >= 11 is 0. The van der Waals surface area contributed by atoms with Crippen LogP contribution in [-0.4, -0.2) is 44.7 Å². The maximum atomic E-state index is 12.4. The minimum Gasteiger partial charge on any atom is -0.455 e. The van der Waals surface area contributed by atoms with E-state index in [-0.39, 0.29) is 37.7 Å². The molecule has 1 aromatic heterocycles. The van der Waals surface area contributed by atoms with Crippen molar-refractivity contribution in [3.05, 3.63) is 53.3 Å². The standard InChI is InChI=1S/C20H23N3O5/c1-20(2,3)28-18(25)17-9-15-10-22(11-16(24)12-23(15)21-17)19(26)27-13-14-7-5-4-6-8-14/h4-9H,10-13H2,1-3H3. The Kier molecular flexibility index (Phi) is 5.48. The number of amides is 1. The van der Waals surface area contributed by atoms with Gasteiger partial charge in [-0.3, -0.25) is 14.4 Å². The number of carbonyl (C=O) groups is 3. The first-order valence-corrected chi connectivity index (χ1v) is 8.99. The molecule has 0 spiro atoms.